The SMILES string of the molecule is CC(C)CC(C)(C)c1cnn2c(N(Cc3cccc([N+](=O)[O-])c3)C(=O)O)cc(N3CCC(NC(=O)OC(C)(C)C)CC3)nc12. The van der Waals surface area contributed by atoms with Crippen LogP contribution in [0.5, 0.6) is 0 Å². The number of carbonyl (C=O) groups excluding carboxylic acids is 1. The van der Waals surface area contributed by atoms with Crippen molar-refractivity contribution in [2.75, 3.05) is 22.9 Å². The third-order valence-corrected chi connectivity index (χ3v) is 7.60. The number of alkyl carbamates (subject to hydrolysis) is 1. The molecule has 44 heavy (non-hydrogen) atoms. The zero-order chi connectivity index (χ0) is 32.4. The first-order chi connectivity index (χ1) is 20.5. The summed E-state index contributed by atoms with van der Waals surface area (Å²) in [5.41, 5.74) is 0.923. The van der Waals surface area contributed by atoms with Crippen LogP contribution in [-0.4, -0.2) is 61.5 Å². The molecule has 0 radical (unpaired) electrons. The number of carboxylic acid groups (broad SMARTS) is 1. The van der Waals surface area contributed by atoms with Crippen molar-refractivity contribution in [3.8, 4) is 0 Å². The van der Waals surface area contributed by atoms with Crippen LogP contribution in [0, 0.1) is 16.0 Å². The number of nitro groups is 1. The van der Waals surface area contributed by atoms with Gasteiger partial charge in [-0.25, -0.2) is 14.6 Å². The number of piperidine rings is 1. The van der Waals surface area contributed by atoms with Crippen LogP contribution in [0.3, 0.4) is 0 Å². The predicted octanol–water partition coefficient (Wildman–Crippen LogP) is 6.14. The van der Waals surface area contributed by atoms with E-state index >= 15 is 0 Å². The molecule has 13 nitrogen and oxygen atoms in total. The molecule has 1 saturated heterocycles. The van der Waals surface area contributed by atoms with Crippen LogP contribution >= 0.6 is 0 Å². The Hall–Kier alpha value is -4.42. The number of hydrogen-bond acceptors (Lipinski definition) is 8. The van der Waals surface area contributed by atoms with Gasteiger partial charge in [0, 0.05) is 42.9 Å². The van der Waals surface area contributed by atoms with Crippen LogP contribution in [0.1, 0.15) is 78.9 Å². The van der Waals surface area contributed by atoms with Crippen LogP contribution in [0.25, 0.3) is 5.65 Å². The van der Waals surface area contributed by atoms with Gasteiger partial charge in [0.25, 0.3) is 5.69 Å². The van der Waals surface area contributed by atoms with Gasteiger partial charge in [-0.2, -0.15) is 9.61 Å². The monoisotopic (exact) mass is 609 g/mol. The molecule has 4 rings (SSSR count). The van der Waals surface area contributed by atoms with Crippen molar-refractivity contribution >= 4 is 35.2 Å². The van der Waals surface area contributed by atoms with Gasteiger partial charge in [-0.1, -0.05) is 39.8 Å². The van der Waals surface area contributed by atoms with Crippen molar-refractivity contribution in [3.05, 3.63) is 57.8 Å². The number of ether oxygens (including phenoxy) is 1. The number of rotatable bonds is 9. The van der Waals surface area contributed by atoms with E-state index < -0.39 is 22.7 Å². The topological polar surface area (TPSA) is 155 Å². The fourth-order valence-electron chi connectivity index (χ4n) is 5.82. The lowest BCUT2D eigenvalue weighted by Gasteiger charge is -2.34. The van der Waals surface area contributed by atoms with E-state index in [-0.39, 0.29) is 29.5 Å². The highest BCUT2D eigenvalue weighted by Crippen LogP contribution is 2.36. The number of benzene rings is 1. The fraction of sp³-hybridized carbons (Fsp3) is 0.548. The molecule has 3 heterocycles. The number of non-ortho nitro benzene ring substituents is 1. The molecule has 13 heteroatoms. The summed E-state index contributed by atoms with van der Waals surface area (Å²) in [6, 6.07) is 7.57. The van der Waals surface area contributed by atoms with Crippen LogP contribution in [0.2, 0.25) is 0 Å². The number of hydrogen-bond donors (Lipinski definition) is 2. The summed E-state index contributed by atoms with van der Waals surface area (Å²) in [5, 5.41) is 29.3. The Morgan fingerprint density at radius 2 is 1.86 bits per heavy atom. The molecule has 0 spiro atoms. The summed E-state index contributed by atoms with van der Waals surface area (Å²) >= 11 is 0. The molecule has 2 aromatic heterocycles. The van der Waals surface area contributed by atoms with Gasteiger partial charge in [-0.15, -0.1) is 0 Å². The van der Waals surface area contributed by atoms with E-state index in [1.807, 2.05) is 20.8 Å². The maximum atomic E-state index is 12.7. The first-order valence-corrected chi connectivity index (χ1v) is 14.9. The second-order valence-electron chi connectivity index (χ2n) is 13.5. The molecule has 0 saturated carbocycles. The maximum Gasteiger partial charge on any atom is 0.413 e. The van der Waals surface area contributed by atoms with E-state index in [0.717, 1.165) is 16.9 Å². The third kappa shape index (κ3) is 7.74. The number of anilines is 2. The molecule has 1 aromatic carbocycles. The molecule has 0 unspecified atom stereocenters. The number of fused-ring (bicyclic) bond motifs is 1. The normalized spacial score (nSPS) is 14.6. The van der Waals surface area contributed by atoms with Crippen molar-refractivity contribution in [2.45, 2.75) is 91.3 Å². The predicted molar refractivity (Wildman–Crippen MR) is 167 cm³/mol. The molecule has 2 amide bonds. The fourth-order valence-corrected chi connectivity index (χ4v) is 5.82. The minimum atomic E-state index is -1.23. The summed E-state index contributed by atoms with van der Waals surface area (Å²) in [5.74, 6) is 1.28. The van der Waals surface area contributed by atoms with Crippen LogP contribution in [0.15, 0.2) is 36.5 Å². The highest BCUT2D eigenvalue weighted by atomic mass is 16.6. The van der Waals surface area contributed by atoms with Gasteiger partial charge in [-0.3, -0.25) is 15.0 Å². The smallest absolute Gasteiger partial charge is 0.413 e. The summed E-state index contributed by atoms with van der Waals surface area (Å²) < 4.78 is 6.96. The maximum absolute atomic E-state index is 12.7. The van der Waals surface area contributed by atoms with Crippen molar-refractivity contribution in [1.29, 1.82) is 0 Å². The standard InChI is InChI=1S/C31H43N7O6/c1-20(2)17-31(6,7)24-18-32-37-26(36(29(40)41)19-21-9-8-10-23(15-21)38(42)43)16-25(34-27(24)37)35-13-11-22(12-14-35)33-28(39)44-30(3,4)5/h8-10,15-16,18,20,22H,11-14,17,19H2,1-7H3,(H,33,39)(H,40,41). The van der Waals surface area contributed by atoms with Crippen molar-refractivity contribution < 1.29 is 24.4 Å². The lowest BCUT2D eigenvalue weighted by molar-refractivity contribution is -0.384. The molecule has 0 bridgehead atoms. The van der Waals surface area contributed by atoms with Crippen LogP contribution in [0.4, 0.5) is 26.9 Å². The number of aromatic nitrogens is 3. The van der Waals surface area contributed by atoms with Gasteiger partial charge in [-0.05, 0) is 56.9 Å². The number of amides is 2. The van der Waals surface area contributed by atoms with Crippen LogP contribution in [-0.2, 0) is 16.7 Å². The van der Waals surface area contributed by atoms with E-state index in [9.17, 15) is 24.8 Å². The Labute approximate surface area is 257 Å². The van der Waals surface area contributed by atoms with Gasteiger partial charge < -0.3 is 20.1 Å². The first-order valence-electron chi connectivity index (χ1n) is 14.9. The van der Waals surface area contributed by atoms with E-state index in [1.54, 1.807) is 22.8 Å². The number of nitrogens with zero attached hydrogens (tertiary/aromatic N) is 6. The molecular weight excluding hydrogens is 566 g/mol. The largest absolute Gasteiger partial charge is 0.465 e. The Bertz CT molecular complexity index is 1520. The van der Waals surface area contributed by atoms with Gasteiger partial charge in [0.05, 0.1) is 17.7 Å². The van der Waals surface area contributed by atoms with Gasteiger partial charge in [0.2, 0.25) is 0 Å². The molecular formula is C31H43N7O6. The van der Waals surface area contributed by atoms with Gasteiger partial charge in [0.1, 0.15) is 17.2 Å². The quantitative estimate of drug-likeness (QED) is 0.215. The van der Waals surface area contributed by atoms with E-state index in [4.69, 9.17) is 9.72 Å². The molecule has 0 atom stereocenters. The molecule has 0 aliphatic carbocycles. The summed E-state index contributed by atoms with van der Waals surface area (Å²) in [6.07, 6.45) is 2.25. The number of carbonyl (C=O) groups is 2. The van der Waals surface area contributed by atoms with Crippen molar-refractivity contribution in [2.24, 2.45) is 5.92 Å². The number of nitrogens with one attached hydrogen (secondary N) is 1. The molecule has 2 N–H and O–H groups in total. The molecule has 1 aliphatic heterocycles. The first kappa shape index (κ1) is 32.5. The molecule has 238 valence electrons. The Balaban J connectivity index is 1.72. The molecule has 1 aliphatic rings. The highest BCUT2D eigenvalue weighted by Gasteiger charge is 2.31. The van der Waals surface area contributed by atoms with Gasteiger partial charge in [0.15, 0.2) is 5.65 Å². The second-order valence-corrected chi connectivity index (χ2v) is 13.5. The molecule has 3 aromatic rings. The van der Waals surface area contributed by atoms with E-state index in [1.165, 1.54) is 18.2 Å². The highest BCUT2D eigenvalue weighted by molar-refractivity contribution is 5.86. The minimum absolute atomic E-state index is 0.0656. The molecule has 1 fully saturated rings. The second kappa shape index (κ2) is 12.7. The Morgan fingerprint density at radius 1 is 1.18 bits per heavy atom. The zero-order valence-corrected chi connectivity index (χ0v) is 26.5. The van der Waals surface area contributed by atoms with Gasteiger partial charge >= 0.3 is 12.2 Å². The lowest BCUT2D eigenvalue weighted by Crippen LogP contribution is -2.46. The Kier molecular flexibility index (Phi) is 9.36. The van der Waals surface area contributed by atoms with Crippen molar-refractivity contribution in [1.82, 2.24) is 19.9 Å². The third-order valence-electron chi connectivity index (χ3n) is 7.60. The average molecular weight is 610 g/mol. The summed E-state index contributed by atoms with van der Waals surface area (Å²) in [7, 11) is 0. The van der Waals surface area contributed by atoms with E-state index in [0.29, 0.717) is 48.9 Å². The Morgan fingerprint density at radius 3 is 2.45 bits per heavy atom. The minimum Gasteiger partial charge on any atom is -0.465 e. The summed E-state index contributed by atoms with van der Waals surface area (Å²) in [6.45, 7) is 15.1. The van der Waals surface area contributed by atoms with E-state index in [2.05, 4.69) is 43.0 Å². The number of nitro benzene ring substituents is 1. The van der Waals surface area contributed by atoms with Crippen LogP contribution < -0.4 is 15.1 Å². The lowest BCUT2D eigenvalue weighted by atomic mass is 9.79. The van der Waals surface area contributed by atoms with Crippen molar-refractivity contribution in [3.63, 3.8) is 0 Å². The average Bonchev–Trinajstić information content (AvgIpc) is 3.35. The summed E-state index contributed by atoms with van der Waals surface area (Å²) in [4.78, 5) is 44.1. The zero-order valence-electron chi connectivity index (χ0n) is 26.5.